The second-order valence-electron chi connectivity index (χ2n) is 3.75. The zero-order valence-electron chi connectivity index (χ0n) is 8.16. The molecule has 1 aromatic carbocycles. The van der Waals surface area contributed by atoms with Crippen LogP contribution in [-0.2, 0) is 10.3 Å². The van der Waals surface area contributed by atoms with Crippen molar-refractivity contribution in [1.82, 2.24) is 5.32 Å². The van der Waals surface area contributed by atoms with Crippen LogP contribution in [0.2, 0.25) is 0 Å². The number of carboxylic acids is 1. The number of nitrogens with one attached hydrogen (secondary N) is 1. The Bertz CT molecular complexity index is 386. The Morgan fingerprint density at radius 1 is 1.53 bits per heavy atom. The molecule has 0 bridgehead atoms. The Kier molecular flexibility index (Phi) is 2.44. The Morgan fingerprint density at radius 3 is 2.87 bits per heavy atom. The molecular weight excluding hydrogens is 197 g/mol. The summed E-state index contributed by atoms with van der Waals surface area (Å²) in [5, 5.41) is 12.2. The van der Waals surface area contributed by atoms with Gasteiger partial charge < -0.3 is 5.11 Å². The molecule has 1 atom stereocenters. The lowest BCUT2D eigenvalue weighted by atomic mass is 9.88. The van der Waals surface area contributed by atoms with Gasteiger partial charge in [-0.2, -0.15) is 0 Å². The summed E-state index contributed by atoms with van der Waals surface area (Å²) < 4.78 is 13.0. The van der Waals surface area contributed by atoms with E-state index in [0.717, 1.165) is 6.42 Å². The maximum atomic E-state index is 13.0. The van der Waals surface area contributed by atoms with Gasteiger partial charge in [-0.15, -0.1) is 0 Å². The third kappa shape index (κ3) is 1.61. The SMILES string of the molecule is O=C(O)[C@]1(c2cccc(F)c2)CCCN1. The number of benzene rings is 1. The average molecular weight is 209 g/mol. The molecule has 4 heteroatoms. The first-order chi connectivity index (χ1) is 7.15. The summed E-state index contributed by atoms with van der Waals surface area (Å²) >= 11 is 0. The van der Waals surface area contributed by atoms with Crippen molar-refractivity contribution in [3.63, 3.8) is 0 Å². The molecule has 0 amide bonds. The predicted molar refractivity (Wildman–Crippen MR) is 53.0 cm³/mol. The summed E-state index contributed by atoms with van der Waals surface area (Å²) in [5.41, 5.74) is -0.602. The van der Waals surface area contributed by atoms with Gasteiger partial charge in [0.05, 0.1) is 0 Å². The number of carbonyl (C=O) groups is 1. The lowest BCUT2D eigenvalue weighted by Crippen LogP contribution is -2.44. The fourth-order valence-electron chi connectivity index (χ4n) is 2.05. The van der Waals surface area contributed by atoms with Crippen molar-refractivity contribution in [2.45, 2.75) is 18.4 Å². The van der Waals surface area contributed by atoms with E-state index >= 15 is 0 Å². The lowest BCUT2D eigenvalue weighted by Gasteiger charge is -2.24. The minimum atomic E-state index is -1.10. The highest BCUT2D eigenvalue weighted by Crippen LogP contribution is 2.31. The van der Waals surface area contributed by atoms with Crippen molar-refractivity contribution >= 4 is 5.97 Å². The van der Waals surface area contributed by atoms with Crippen LogP contribution in [0.1, 0.15) is 18.4 Å². The van der Waals surface area contributed by atoms with Crippen molar-refractivity contribution in [3.8, 4) is 0 Å². The fourth-order valence-corrected chi connectivity index (χ4v) is 2.05. The van der Waals surface area contributed by atoms with Gasteiger partial charge in [0.25, 0.3) is 0 Å². The quantitative estimate of drug-likeness (QED) is 0.775. The Morgan fingerprint density at radius 2 is 2.33 bits per heavy atom. The molecule has 1 fully saturated rings. The number of aliphatic carboxylic acids is 1. The molecular formula is C11H12FNO2. The number of hydrogen-bond donors (Lipinski definition) is 2. The number of hydrogen-bond acceptors (Lipinski definition) is 2. The first-order valence-corrected chi connectivity index (χ1v) is 4.90. The number of halogens is 1. The molecule has 1 aromatic rings. The van der Waals surface area contributed by atoms with Crippen LogP contribution in [0.4, 0.5) is 4.39 Å². The van der Waals surface area contributed by atoms with Gasteiger partial charge in [0.1, 0.15) is 11.4 Å². The van der Waals surface area contributed by atoms with E-state index in [9.17, 15) is 14.3 Å². The van der Waals surface area contributed by atoms with E-state index in [1.165, 1.54) is 18.2 Å². The monoisotopic (exact) mass is 209 g/mol. The summed E-state index contributed by atoms with van der Waals surface area (Å²) in [7, 11) is 0. The molecule has 0 aliphatic carbocycles. The van der Waals surface area contributed by atoms with Crippen molar-refractivity contribution in [2.24, 2.45) is 0 Å². The molecule has 1 saturated heterocycles. The summed E-state index contributed by atoms with van der Waals surface area (Å²) in [6.45, 7) is 0.656. The second kappa shape index (κ2) is 3.62. The average Bonchev–Trinajstić information content (AvgIpc) is 2.67. The van der Waals surface area contributed by atoms with Gasteiger partial charge in [-0.25, -0.2) is 9.18 Å². The maximum absolute atomic E-state index is 13.0. The zero-order valence-corrected chi connectivity index (χ0v) is 8.16. The smallest absolute Gasteiger partial charge is 0.328 e. The second-order valence-corrected chi connectivity index (χ2v) is 3.75. The van der Waals surface area contributed by atoms with Crippen LogP contribution >= 0.6 is 0 Å². The normalized spacial score (nSPS) is 25.4. The molecule has 1 heterocycles. The predicted octanol–water partition coefficient (Wildman–Crippen LogP) is 1.49. The van der Waals surface area contributed by atoms with Gasteiger partial charge in [0.15, 0.2) is 0 Å². The maximum Gasteiger partial charge on any atom is 0.328 e. The fraction of sp³-hybridized carbons (Fsp3) is 0.364. The van der Waals surface area contributed by atoms with Gasteiger partial charge in [-0.3, -0.25) is 5.32 Å². The summed E-state index contributed by atoms with van der Waals surface area (Å²) in [6, 6.07) is 5.78. The largest absolute Gasteiger partial charge is 0.480 e. The molecule has 2 N–H and O–H groups in total. The third-order valence-corrected chi connectivity index (χ3v) is 2.84. The molecule has 3 nitrogen and oxygen atoms in total. The van der Waals surface area contributed by atoms with Gasteiger partial charge in [-0.05, 0) is 37.1 Å². The minimum absolute atomic E-state index is 0.401. The van der Waals surface area contributed by atoms with Crippen molar-refractivity contribution in [3.05, 3.63) is 35.6 Å². The van der Waals surface area contributed by atoms with Gasteiger partial charge in [-0.1, -0.05) is 12.1 Å². The van der Waals surface area contributed by atoms with Crippen molar-refractivity contribution in [1.29, 1.82) is 0 Å². The lowest BCUT2D eigenvalue weighted by molar-refractivity contribution is -0.144. The Balaban J connectivity index is 2.45. The van der Waals surface area contributed by atoms with Crippen LogP contribution < -0.4 is 5.32 Å². The molecule has 2 rings (SSSR count). The third-order valence-electron chi connectivity index (χ3n) is 2.84. The topological polar surface area (TPSA) is 49.3 Å². The first-order valence-electron chi connectivity index (χ1n) is 4.90. The highest BCUT2D eigenvalue weighted by atomic mass is 19.1. The Hall–Kier alpha value is -1.42. The molecule has 0 aromatic heterocycles. The van der Waals surface area contributed by atoms with Gasteiger partial charge >= 0.3 is 5.97 Å². The van der Waals surface area contributed by atoms with E-state index in [1.807, 2.05) is 0 Å². The number of rotatable bonds is 2. The highest BCUT2D eigenvalue weighted by molar-refractivity contribution is 5.81. The molecule has 0 spiro atoms. The van der Waals surface area contributed by atoms with Crippen LogP contribution in [0.15, 0.2) is 24.3 Å². The highest BCUT2D eigenvalue weighted by Gasteiger charge is 2.42. The summed E-state index contributed by atoms with van der Waals surface area (Å²) in [5.74, 6) is -1.34. The molecule has 80 valence electrons. The van der Waals surface area contributed by atoms with E-state index in [2.05, 4.69) is 5.32 Å². The van der Waals surface area contributed by atoms with Crippen LogP contribution in [-0.4, -0.2) is 17.6 Å². The standard InChI is InChI=1S/C11H12FNO2/c12-9-4-1-3-8(7-9)11(10(14)15)5-2-6-13-11/h1,3-4,7,13H,2,5-6H2,(H,14,15)/t11-/m1/s1. The van der Waals surface area contributed by atoms with E-state index in [-0.39, 0.29) is 0 Å². The van der Waals surface area contributed by atoms with E-state index < -0.39 is 17.3 Å². The first kappa shape index (κ1) is 10.1. The van der Waals surface area contributed by atoms with Crippen LogP contribution in [0, 0.1) is 5.82 Å². The van der Waals surface area contributed by atoms with E-state index in [1.54, 1.807) is 6.07 Å². The molecule has 0 saturated carbocycles. The molecule has 15 heavy (non-hydrogen) atoms. The molecule has 0 radical (unpaired) electrons. The van der Waals surface area contributed by atoms with E-state index in [4.69, 9.17) is 0 Å². The molecule has 0 unspecified atom stereocenters. The van der Waals surface area contributed by atoms with Crippen LogP contribution in [0.25, 0.3) is 0 Å². The number of carboxylic acid groups (broad SMARTS) is 1. The van der Waals surface area contributed by atoms with Gasteiger partial charge in [0, 0.05) is 0 Å². The van der Waals surface area contributed by atoms with Crippen LogP contribution in [0.3, 0.4) is 0 Å². The van der Waals surface area contributed by atoms with Crippen molar-refractivity contribution in [2.75, 3.05) is 6.54 Å². The zero-order chi connectivity index (χ0) is 10.9. The van der Waals surface area contributed by atoms with E-state index in [0.29, 0.717) is 18.5 Å². The minimum Gasteiger partial charge on any atom is -0.480 e. The summed E-state index contributed by atoms with van der Waals surface area (Å²) in [4.78, 5) is 11.3. The van der Waals surface area contributed by atoms with Crippen LogP contribution in [0.5, 0.6) is 0 Å². The molecule has 1 aliphatic heterocycles. The van der Waals surface area contributed by atoms with Crippen molar-refractivity contribution < 1.29 is 14.3 Å². The Labute approximate surface area is 86.9 Å². The molecule has 1 aliphatic rings. The summed E-state index contributed by atoms with van der Waals surface area (Å²) in [6.07, 6.45) is 1.30. The van der Waals surface area contributed by atoms with Gasteiger partial charge in [0.2, 0.25) is 0 Å².